The van der Waals surface area contributed by atoms with Crippen LogP contribution in [0.5, 0.6) is 0 Å². The molecule has 0 aliphatic carbocycles. The summed E-state index contributed by atoms with van der Waals surface area (Å²) in [5.74, 6) is 0. The molecule has 0 amide bonds. The lowest BCUT2D eigenvalue weighted by Crippen LogP contribution is -2.88. The van der Waals surface area contributed by atoms with Crippen molar-refractivity contribution in [1.29, 1.82) is 0 Å². The molecular formula is C48H120N8O12Si8+8. The van der Waals surface area contributed by atoms with Crippen molar-refractivity contribution < 1.29 is 85.2 Å². The van der Waals surface area contributed by atoms with E-state index in [1.807, 2.05) is 0 Å². The maximum Gasteiger partial charge on any atom is 0.479 e. The van der Waals surface area contributed by atoms with E-state index >= 15 is 0 Å². The van der Waals surface area contributed by atoms with Crippen LogP contribution >= 0.6 is 0 Å². The van der Waals surface area contributed by atoms with Crippen LogP contribution in [0.1, 0.15) is 51.4 Å². The Morgan fingerprint density at radius 2 is 0.237 bits per heavy atom. The Labute approximate surface area is 474 Å². The fourth-order valence-electron chi connectivity index (χ4n) is 10.7. The Hall–Kier alpha value is 0.935. The highest BCUT2D eigenvalue weighted by Gasteiger charge is 2.83. The molecule has 0 aromatic heterocycles. The molecule has 6 saturated heterocycles. The Morgan fingerprint density at radius 3 is 0.303 bits per heavy atom. The van der Waals surface area contributed by atoms with Crippen LogP contribution in [0.3, 0.4) is 0 Å². The molecule has 0 spiro atoms. The van der Waals surface area contributed by atoms with Crippen molar-refractivity contribution in [3.8, 4) is 0 Å². The molecule has 8 bridgehead atoms. The predicted octanol–water partition coefficient (Wildman–Crippen LogP) is 4.54. The molecule has 6 aliphatic rings. The topological polar surface area (TPSA) is 111 Å². The second-order valence-corrected chi connectivity index (χ2v) is 56.4. The van der Waals surface area contributed by atoms with E-state index in [1.165, 1.54) is 0 Å². The van der Waals surface area contributed by atoms with Crippen molar-refractivity contribution in [2.45, 2.75) is 99.7 Å². The van der Waals surface area contributed by atoms with Gasteiger partial charge < -0.3 is 85.2 Å². The first kappa shape index (κ1) is 67.7. The minimum Gasteiger partial charge on any atom is -0.373 e. The summed E-state index contributed by atoms with van der Waals surface area (Å²) in [7, 11) is 21.1. The summed E-state index contributed by atoms with van der Waals surface area (Å²) < 4.78 is 105. The molecule has 0 saturated carbocycles. The molecule has 6 aliphatic heterocycles. The van der Waals surface area contributed by atoms with E-state index in [4.69, 9.17) is 49.4 Å². The van der Waals surface area contributed by atoms with Crippen molar-refractivity contribution in [3.63, 3.8) is 0 Å². The van der Waals surface area contributed by atoms with E-state index in [1.54, 1.807) is 0 Å². The standard InChI is InChI=1S/C48H120N8O12Si8/c1-49(2,3)33-25-41-69-57-70(42-26-34-50(4,5)6)60-73(45-29-37-53(13,14)15)62-71(58-69,43-27-35-51(7,8)9)64-75(47-31-39-55(19,20)21)65-72(59-69,44-28-36-52(10,11)12)63-74(61-70,46-30-38-54(16,17)18)67-76(66-73,68-75)48-32-40-56(22,23)24/h25-48H2,1-24H3/q+8. The third kappa shape index (κ3) is 21.8. The van der Waals surface area contributed by atoms with Gasteiger partial charge in [-0.1, -0.05) is 0 Å². The summed E-state index contributed by atoms with van der Waals surface area (Å²) in [5.41, 5.74) is 0. The third-order valence-corrected chi connectivity index (χ3v) is 51.8. The van der Waals surface area contributed by atoms with Gasteiger partial charge in [0.05, 0.1) is 222 Å². The van der Waals surface area contributed by atoms with Crippen LogP contribution in [-0.4, -0.2) is 328 Å². The van der Waals surface area contributed by atoms with Gasteiger partial charge in [0.15, 0.2) is 0 Å². The van der Waals surface area contributed by atoms with Crippen LogP contribution < -0.4 is 0 Å². The number of hydrogen-bond acceptors (Lipinski definition) is 12. The van der Waals surface area contributed by atoms with E-state index < -0.39 is 70.4 Å². The van der Waals surface area contributed by atoms with Gasteiger partial charge in [-0.2, -0.15) is 0 Å². The predicted molar refractivity (Wildman–Crippen MR) is 318 cm³/mol. The molecule has 0 radical (unpaired) electrons. The Morgan fingerprint density at radius 1 is 0.158 bits per heavy atom. The quantitative estimate of drug-likeness (QED) is 0.0698. The van der Waals surface area contributed by atoms with Crippen LogP contribution in [0.15, 0.2) is 0 Å². The molecule has 0 atom stereocenters. The zero-order chi connectivity index (χ0) is 57.5. The molecule has 28 heteroatoms. The van der Waals surface area contributed by atoms with Crippen LogP contribution in [0.2, 0.25) is 48.4 Å². The molecule has 448 valence electrons. The van der Waals surface area contributed by atoms with Gasteiger partial charge in [0, 0.05) is 99.7 Å². The average Bonchev–Trinajstić information content (AvgIpc) is 3.10. The lowest BCUT2D eigenvalue weighted by atomic mass is 10.4. The Bertz CT molecular complexity index is 1420. The van der Waals surface area contributed by atoms with Gasteiger partial charge in [0.25, 0.3) is 0 Å². The third-order valence-electron chi connectivity index (χ3n) is 14.2. The first-order valence-electron chi connectivity index (χ1n) is 29.0. The second-order valence-electron chi connectivity index (χ2n) is 31.6. The van der Waals surface area contributed by atoms with Crippen molar-refractivity contribution in [2.24, 2.45) is 0 Å². The number of rotatable bonds is 32. The molecule has 0 aromatic carbocycles. The maximum atomic E-state index is 8.27. The van der Waals surface area contributed by atoms with Gasteiger partial charge in [-0.05, 0) is 0 Å². The molecule has 76 heavy (non-hydrogen) atoms. The van der Waals surface area contributed by atoms with E-state index in [2.05, 4.69) is 169 Å². The largest absolute Gasteiger partial charge is 0.479 e. The highest BCUT2D eigenvalue weighted by molar-refractivity contribution is 7.03. The molecule has 6 fully saturated rings. The van der Waals surface area contributed by atoms with E-state index in [-0.39, 0.29) is 0 Å². The van der Waals surface area contributed by atoms with E-state index in [0.717, 1.165) is 140 Å². The molecule has 6 rings (SSSR count). The fourth-order valence-corrected chi connectivity index (χ4v) is 61.0. The summed E-state index contributed by atoms with van der Waals surface area (Å²) in [4.78, 5) is 0. The lowest BCUT2D eigenvalue weighted by Gasteiger charge is -2.63. The monoisotopic (exact) mass is 1220 g/mol. The minimum absolute atomic E-state index is 0.501. The number of hydrogen-bond donors (Lipinski definition) is 0. The lowest BCUT2D eigenvalue weighted by molar-refractivity contribution is -0.870. The smallest absolute Gasteiger partial charge is 0.373 e. The molecular weight excluding hydrogens is 1110 g/mol. The first-order valence-corrected chi connectivity index (χ1v) is 44.4. The SMILES string of the molecule is C[N+](C)(C)CCC[Si]12O[Si]3(CCC[N+](C)(C)C)O[Si]4(CCC[N+](C)(C)C)O[Si](CCC[N+](C)(C)C)(O1)O[Si]1(CCC[N+](C)(C)C)O[Si](CCC[N+](C)(C)C)(O2)O[Si](CCC[N+](C)(C)C)(O3)O[Si](CCC[N+](C)(C)C)(O4)O1. The van der Waals surface area contributed by atoms with Gasteiger partial charge in [-0.25, -0.2) is 0 Å². The van der Waals surface area contributed by atoms with Gasteiger partial charge in [-0.3, -0.25) is 0 Å². The van der Waals surface area contributed by atoms with Crippen molar-refractivity contribution in [2.75, 3.05) is 222 Å². The molecule has 0 N–H and O–H groups in total. The highest BCUT2D eigenvalue weighted by atomic mass is 28.6. The highest BCUT2D eigenvalue weighted by Crippen LogP contribution is 2.55. The summed E-state index contributed by atoms with van der Waals surface area (Å²) in [6, 6.07) is 4.01. The summed E-state index contributed by atoms with van der Waals surface area (Å²) in [6.07, 6.45) is 6.13. The summed E-state index contributed by atoms with van der Waals surface area (Å²) >= 11 is 0. The van der Waals surface area contributed by atoms with Crippen LogP contribution in [-0.2, 0) is 49.4 Å². The molecule has 0 unspecified atom stereocenters. The van der Waals surface area contributed by atoms with Crippen LogP contribution in [0.25, 0.3) is 0 Å². The summed E-state index contributed by atoms with van der Waals surface area (Å²) in [5, 5.41) is 0. The summed E-state index contributed by atoms with van der Waals surface area (Å²) in [6.45, 7) is 6.94. The van der Waals surface area contributed by atoms with Crippen molar-refractivity contribution in [3.05, 3.63) is 0 Å². The number of quaternary nitrogens is 8. The van der Waals surface area contributed by atoms with Gasteiger partial charge in [-0.15, -0.1) is 0 Å². The van der Waals surface area contributed by atoms with Gasteiger partial charge >= 0.3 is 70.4 Å². The molecule has 6 heterocycles. The van der Waals surface area contributed by atoms with Crippen LogP contribution in [0, 0.1) is 0 Å². The average molecular weight is 1230 g/mol. The van der Waals surface area contributed by atoms with E-state index in [0.29, 0.717) is 48.4 Å². The Balaban J connectivity index is 1.97. The van der Waals surface area contributed by atoms with Crippen LogP contribution in [0.4, 0.5) is 0 Å². The minimum atomic E-state index is -4.09. The van der Waals surface area contributed by atoms with Crippen molar-refractivity contribution in [1.82, 2.24) is 0 Å². The number of nitrogens with zero attached hydrogens (tertiary/aromatic N) is 8. The van der Waals surface area contributed by atoms with E-state index in [9.17, 15) is 0 Å². The second kappa shape index (κ2) is 24.1. The van der Waals surface area contributed by atoms with Crippen molar-refractivity contribution >= 4 is 70.4 Å². The van der Waals surface area contributed by atoms with Gasteiger partial charge in [0.1, 0.15) is 0 Å². The fraction of sp³-hybridized carbons (Fsp3) is 1.00. The maximum absolute atomic E-state index is 8.27. The molecule has 20 nitrogen and oxygen atoms in total. The zero-order valence-electron chi connectivity index (χ0n) is 53.4. The van der Waals surface area contributed by atoms with Gasteiger partial charge in [0.2, 0.25) is 0 Å². The Kier molecular flexibility index (Phi) is 21.5. The normalized spacial score (nSPS) is 33.8. The first-order chi connectivity index (χ1) is 34.1. The molecule has 0 aromatic rings. The zero-order valence-corrected chi connectivity index (χ0v) is 61.4.